The summed E-state index contributed by atoms with van der Waals surface area (Å²) in [7, 11) is 0. The fourth-order valence-electron chi connectivity index (χ4n) is 1.33. The average molecular weight is 242 g/mol. The summed E-state index contributed by atoms with van der Waals surface area (Å²) in [6.07, 6.45) is 0. The van der Waals surface area contributed by atoms with Gasteiger partial charge in [0.15, 0.2) is 17.5 Å². The molecule has 0 aliphatic heterocycles. The van der Waals surface area contributed by atoms with Gasteiger partial charge in [-0.2, -0.15) is 0 Å². The Bertz CT molecular complexity index is 540. The third-order valence-electron chi connectivity index (χ3n) is 2.18. The Morgan fingerprint density at radius 2 is 1.82 bits per heavy atom. The van der Waals surface area contributed by atoms with Crippen LogP contribution in [0, 0.1) is 24.4 Å². The zero-order valence-electron chi connectivity index (χ0n) is 8.93. The summed E-state index contributed by atoms with van der Waals surface area (Å²) in [5.74, 6) is -2.09. The van der Waals surface area contributed by atoms with Crippen LogP contribution in [0.4, 0.5) is 19.0 Å². The molecule has 1 aromatic heterocycles. The van der Waals surface area contributed by atoms with Crippen molar-refractivity contribution in [3.63, 3.8) is 0 Å². The van der Waals surface area contributed by atoms with Crippen molar-refractivity contribution >= 4 is 5.82 Å². The van der Waals surface area contributed by atoms with Crippen molar-refractivity contribution in [2.75, 3.05) is 5.32 Å². The first kappa shape index (κ1) is 11.5. The van der Waals surface area contributed by atoms with Crippen LogP contribution in [0.25, 0.3) is 0 Å². The highest BCUT2D eigenvalue weighted by Gasteiger charge is 2.10. The maximum Gasteiger partial charge on any atom is 0.169 e. The molecule has 1 aromatic carbocycles. The fourth-order valence-corrected chi connectivity index (χ4v) is 1.33. The van der Waals surface area contributed by atoms with Crippen molar-refractivity contribution < 1.29 is 17.7 Å². The van der Waals surface area contributed by atoms with E-state index in [0.29, 0.717) is 17.6 Å². The van der Waals surface area contributed by atoms with Gasteiger partial charge in [0.2, 0.25) is 0 Å². The second-order valence-corrected chi connectivity index (χ2v) is 3.53. The topological polar surface area (TPSA) is 38.1 Å². The predicted octanol–water partition coefficient (Wildman–Crippen LogP) is 3.01. The predicted molar refractivity (Wildman–Crippen MR) is 54.9 cm³/mol. The van der Waals surface area contributed by atoms with E-state index < -0.39 is 17.5 Å². The molecule has 0 aliphatic rings. The second-order valence-electron chi connectivity index (χ2n) is 3.53. The largest absolute Gasteiger partial charge is 0.363 e. The fraction of sp³-hybridized carbons (Fsp3) is 0.182. The normalized spacial score (nSPS) is 10.6. The van der Waals surface area contributed by atoms with Crippen molar-refractivity contribution in [1.82, 2.24) is 5.16 Å². The second kappa shape index (κ2) is 4.48. The van der Waals surface area contributed by atoms with E-state index in [1.807, 2.05) is 0 Å². The van der Waals surface area contributed by atoms with Crippen LogP contribution in [0.3, 0.4) is 0 Å². The van der Waals surface area contributed by atoms with E-state index in [4.69, 9.17) is 4.52 Å². The van der Waals surface area contributed by atoms with Crippen LogP contribution in [-0.2, 0) is 6.54 Å². The average Bonchev–Trinajstić information content (AvgIpc) is 2.68. The number of halogens is 3. The molecule has 1 N–H and O–H groups in total. The van der Waals surface area contributed by atoms with Gasteiger partial charge in [-0.1, -0.05) is 5.16 Å². The molecule has 0 unspecified atom stereocenters. The number of aryl methyl sites for hydroxylation is 1. The van der Waals surface area contributed by atoms with Gasteiger partial charge in [-0.3, -0.25) is 0 Å². The number of anilines is 1. The Balaban J connectivity index is 2.11. The molecule has 0 radical (unpaired) electrons. The lowest BCUT2D eigenvalue weighted by Crippen LogP contribution is -2.03. The standard InChI is InChI=1S/C11H9F3N2O/c1-6-2-11(16-17-6)15-5-7-3-9(13)10(14)4-8(7)12/h2-4H,5H2,1H3,(H,15,16). The lowest BCUT2D eigenvalue weighted by atomic mass is 10.2. The quantitative estimate of drug-likeness (QED) is 0.841. The minimum Gasteiger partial charge on any atom is -0.363 e. The molecule has 17 heavy (non-hydrogen) atoms. The van der Waals surface area contributed by atoms with Gasteiger partial charge in [-0.15, -0.1) is 0 Å². The highest BCUT2D eigenvalue weighted by Crippen LogP contribution is 2.15. The summed E-state index contributed by atoms with van der Waals surface area (Å²) in [5, 5.41) is 6.36. The highest BCUT2D eigenvalue weighted by atomic mass is 19.2. The van der Waals surface area contributed by atoms with Gasteiger partial charge >= 0.3 is 0 Å². The summed E-state index contributed by atoms with van der Waals surface area (Å²) in [6.45, 7) is 1.70. The van der Waals surface area contributed by atoms with Crippen molar-refractivity contribution in [1.29, 1.82) is 0 Å². The first-order valence-corrected chi connectivity index (χ1v) is 4.87. The van der Waals surface area contributed by atoms with Gasteiger partial charge in [-0.25, -0.2) is 13.2 Å². The highest BCUT2D eigenvalue weighted by molar-refractivity contribution is 5.35. The van der Waals surface area contributed by atoms with Crippen LogP contribution in [0.1, 0.15) is 11.3 Å². The number of hydrogen-bond donors (Lipinski definition) is 1. The summed E-state index contributed by atoms with van der Waals surface area (Å²) in [6, 6.07) is 2.93. The molecule has 0 aliphatic carbocycles. The van der Waals surface area contributed by atoms with Crippen LogP contribution in [0.15, 0.2) is 22.7 Å². The summed E-state index contributed by atoms with van der Waals surface area (Å²) < 4.78 is 43.6. The number of rotatable bonds is 3. The van der Waals surface area contributed by atoms with E-state index in [1.165, 1.54) is 0 Å². The molecule has 0 amide bonds. The number of nitrogens with one attached hydrogen (secondary N) is 1. The van der Waals surface area contributed by atoms with Gasteiger partial charge in [0.05, 0.1) is 0 Å². The van der Waals surface area contributed by atoms with Crippen LogP contribution in [0.5, 0.6) is 0 Å². The molecular weight excluding hydrogens is 233 g/mol. The third kappa shape index (κ3) is 2.58. The molecule has 2 aromatic rings. The van der Waals surface area contributed by atoms with E-state index in [-0.39, 0.29) is 12.1 Å². The maximum atomic E-state index is 13.2. The number of benzene rings is 1. The van der Waals surface area contributed by atoms with E-state index in [1.54, 1.807) is 13.0 Å². The van der Waals surface area contributed by atoms with Crippen molar-refractivity contribution in [3.8, 4) is 0 Å². The molecule has 0 saturated carbocycles. The van der Waals surface area contributed by atoms with Crippen molar-refractivity contribution in [2.24, 2.45) is 0 Å². The van der Waals surface area contributed by atoms with E-state index in [0.717, 1.165) is 6.07 Å². The Kier molecular flexibility index (Phi) is 3.03. The third-order valence-corrected chi connectivity index (χ3v) is 2.18. The Morgan fingerprint density at radius 1 is 1.12 bits per heavy atom. The first-order chi connectivity index (χ1) is 8.06. The van der Waals surface area contributed by atoms with Crippen LogP contribution >= 0.6 is 0 Å². The molecule has 0 atom stereocenters. The number of nitrogens with zero attached hydrogens (tertiary/aromatic N) is 1. The Morgan fingerprint density at radius 3 is 2.47 bits per heavy atom. The molecular formula is C11H9F3N2O. The monoisotopic (exact) mass is 242 g/mol. The first-order valence-electron chi connectivity index (χ1n) is 4.87. The zero-order chi connectivity index (χ0) is 12.4. The van der Waals surface area contributed by atoms with Gasteiger partial charge in [0.25, 0.3) is 0 Å². The summed E-state index contributed by atoms with van der Waals surface area (Å²) in [5.41, 5.74) is 0.0181. The van der Waals surface area contributed by atoms with Crippen LogP contribution < -0.4 is 5.32 Å². The van der Waals surface area contributed by atoms with Gasteiger partial charge in [-0.05, 0) is 13.0 Å². The molecule has 0 fully saturated rings. The van der Waals surface area contributed by atoms with Crippen LogP contribution in [0.2, 0.25) is 0 Å². The lowest BCUT2D eigenvalue weighted by molar-refractivity contribution is 0.399. The minimum absolute atomic E-state index is 0.00495. The smallest absolute Gasteiger partial charge is 0.169 e. The molecule has 6 heteroatoms. The molecule has 1 heterocycles. The van der Waals surface area contributed by atoms with Gasteiger partial charge < -0.3 is 9.84 Å². The minimum atomic E-state index is -1.21. The van der Waals surface area contributed by atoms with Crippen molar-refractivity contribution in [3.05, 3.63) is 47.0 Å². The lowest BCUT2D eigenvalue weighted by Gasteiger charge is -2.04. The van der Waals surface area contributed by atoms with Crippen molar-refractivity contribution in [2.45, 2.75) is 13.5 Å². The SMILES string of the molecule is Cc1cc(NCc2cc(F)c(F)cc2F)no1. The maximum absolute atomic E-state index is 13.2. The number of hydrogen-bond acceptors (Lipinski definition) is 3. The zero-order valence-corrected chi connectivity index (χ0v) is 8.93. The molecule has 0 spiro atoms. The van der Waals surface area contributed by atoms with Crippen LogP contribution in [-0.4, -0.2) is 5.16 Å². The summed E-state index contributed by atoms with van der Waals surface area (Å²) >= 11 is 0. The van der Waals surface area contributed by atoms with E-state index in [2.05, 4.69) is 10.5 Å². The molecule has 0 bridgehead atoms. The molecule has 0 saturated heterocycles. The molecule has 90 valence electrons. The Labute approximate surface area is 95.2 Å². The summed E-state index contributed by atoms with van der Waals surface area (Å²) in [4.78, 5) is 0. The van der Waals surface area contributed by atoms with Gasteiger partial charge in [0.1, 0.15) is 11.6 Å². The Hall–Kier alpha value is -1.98. The molecule has 2 rings (SSSR count). The molecule has 3 nitrogen and oxygen atoms in total. The van der Waals surface area contributed by atoms with Gasteiger partial charge in [0, 0.05) is 24.2 Å². The number of aromatic nitrogens is 1. The van der Waals surface area contributed by atoms with E-state index >= 15 is 0 Å². The van der Waals surface area contributed by atoms with E-state index in [9.17, 15) is 13.2 Å².